The number of rotatable bonds is 1. The standard InChI is InChI=1S/C24H21N2/c1-16-8-4-6-10-18(16)22-14-21-20-13-12-17-9-5-7-11-19(17)24(20)26(3)23(21)15-25(22)2/h4-15H,1-3H3/q+1. The van der Waals surface area contributed by atoms with Crippen molar-refractivity contribution in [3.05, 3.63) is 78.5 Å². The van der Waals surface area contributed by atoms with Gasteiger partial charge in [-0.05, 0) is 23.9 Å². The lowest BCUT2D eigenvalue weighted by Crippen LogP contribution is -2.30. The Morgan fingerprint density at radius 3 is 2.42 bits per heavy atom. The zero-order valence-electron chi connectivity index (χ0n) is 15.3. The highest BCUT2D eigenvalue weighted by Crippen LogP contribution is 2.34. The van der Waals surface area contributed by atoms with Gasteiger partial charge in [-0.1, -0.05) is 54.6 Å². The summed E-state index contributed by atoms with van der Waals surface area (Å²) in [5, 5.41) is 5.22. The van der Waals surface area contributed by atoms with Gasteiger partial charge in [0.25, 0.3) is 0 Å². The monoisotopic (exact) mass is 337 g/mol. The average molecular weight is 337 g/mol. The Morgan fingerprint density at radius 2 is 1.58 bits per heavy atom. The molecule has 0 radical (unpaired) electrons. The number of hydrogen-bond donors (Lipinski definition) is 0. The van der Waals surface area contributed by atoms with Gasteiger partial charge < -0.3 is 4.57 Å². The number of benzene rings is 3. The molecule has 5 rings (SSSR count). The molecule has 0 fully saturated rings. The molecule has 0 spiro atoms. The smallest absolute Gasteiger partial charge is 0.213 e. The Labute approximate surface area is 152 Å². The van der Waals surface area contributed by atoms with Crippen molar-refractivity contribution in [2.45, 2.75) is 6.92 Å². The molecule has 0 N–H and O–H groups in total. The molecule has 26 heavy (non-hydrogen) atoms. The van der Waals surface area contributed by atoms with Gasteiger partial charge in [0.15, 0.2) is 6.20 Å². The number of fused-ring (bicyclic) bond motifs is 5. The molecule has 0 aliphatic carbocycles. The van der Waals surface area contributed by atoms with E-state index < -0.39 is 0 Å². The van der Waals surface area contributed by atoms with Crippen LogP contribution in [0.4, 0.5) is 0 Å². The van der Waals surface area contributed by atoms with Gasteiger partial charge in [-0.2, -0.15) is 4.57 Å². The second-order valence-corrected chi connectivity index (χ2v) is 7.13. The van der Waals surface area contributed by atoms with Crippen LogP contribution in [-0.4, -0.2) is 4.57 Å². The first-order valence-electron chi connectivity index (χ1n) is 9.00. The minimum atomic E-state index is 1.25. The van der Waals surface area contributed by atoms with Crippen LogP contribution in [0.25, 0.3) is 43.8 Å². The fourth-order valence-electron chi connectivity index (χ4n) is 4.20. The molecule has 2 heteroatoms. The summed E-state index contributed by atoms with van der Waals surface area (Å²) in [4.78, 5) is 0. The molecular formula is C24H21N2+. The van der Waals surface area contributed by atoms with Crippen LogP contribution in [0, 0.1) is 6.92 Å². The van der Waals surface area contributed by atoms with Gasteiger partial charge in [0.05, 0.1) is 5.52 Å². The molecule has 0 saturated carbocycles. The van der Waals surface area contributed by atoms with E-state index in [1.54, 1.807) is 0 Å². The molecule has 5 aromatic rings. The predicted octanol–water partition coefficient (Wildman–Crippen LogP) is 5.28. The minimum absolute atomic E-state index is 1.25. The van der Waals surface area contributed by atoms with Crippen molar-refractivity contribution in [3.8, 4) is 11.3 Å². The van der Waals surface area contributed by atoms with Crippen molar-refractivity contribution in [1.82, 2.24) is 4.57 Å². The largest absolute Gasteiger partial charge is 0.338 e. The van der Waals surface area contributed by atoms with Crippen molar-refractivity contribution in [2.24, 2.45) is 14.1 Å². The number of pyridine rings is 1. The van der Waals surface area contributed by atoms with Crippen LogP contribution in [0.2, 0.25) is 0 Å². The van der Waals surface area contributed by atoms with Gasteiger partial charge in [0.1, 0.15) is 12.6 Å². The van der Waals surface area contributed by atoms with E-state index in [-0.39, 0.29) is 0 Å². The zero-order chi connectivity index (χ0) is 17.8. The number of hydrogen-bond acceptors (Lipinski definition) is 0. The third kappa shape index (κ3) is 2.02. The van der Waals surface area contributed by atoms with E-state index in [0.717, 1.165) is 0 Å². The fourth-order valence-corrected chi connectivity index (χ4v) is 4.20. The van der Waals surface area contributed by atoms with Gasteiger partial charge in [-0.25, -0.2) is 0 Å². The van der Waals surface area contributed by atoms with Crippen LogP contribution in [0.15, 0.2) is 72.9 Å². The number of aryl methyl sites for hydroxylation is 3. The van der Waals surface area contributed by atoms with Gasteiger partial charge in [0, 0.05) is 34.8 Å². The molecule has 3 aromatic carbocycles. The van der Waals surface area contributed by atoms with Crippen LogP contribution in [0.1, 0.15) is 5.56 Å². The van der Waals surface area contributed by atoms with Crippen LogP contribution >= 0.6 is 0 Å². The highest BCUT2D eigenvalue weighted by molar-refractivity contribution is 6.17. The number of aromatic nitrogens is 2. The zero-order valence-corrected chi connectivity index (χ0v) is 15.3. The summed E-state index contributed by atoms with van der Waals surface area (Å²) in [6, 6.07) is 24.1. The lowest BCUT2D eigenvalue weighted by atomic mass is 10.0. The van der Waals surface area contributed by atoms with E-state index in [0.29, 0.717) is 0 Å². The van der Waals surface area contributed by atoms with Crippen LogP contribution in [0.5, 0.6) is 0 Å². The first-order valence-corrected chi connectivity index (χ1v) is 9.00. The van der Waals surface area contributed by atoms with Crippen molar-refractivity contribution in [3.63, 3.8) is 0 Å². The molecule has 0 atom stereocenters. The van der Waals surface area contributed by atoms with Gasteiger partial charge in [-0.15, -0.1) is 0 Å². The van der Waals surface area contributed by atoms with Crippen LogP contribution in [0.3, 0.4) is 0 Å². The molecule has 0 bridgehead atoms. The maximum absolute atomic E-state index is 2.34. The van der Waals surface area contributed by atoms with Crippen molar-refractivity contribution < 1.29 is 4.57 Å². The summed E-state index contributed by atoms with van der Waals surface area (Å²) in [5.74, 6) is 0. The van der Waals surface area contributed by atoms with E-state index in [9.17, 15) is 0 Å². The Kier molecular flexibility index (Phi) is 3.17. The average Bonchev–Trinajstić information content (AvgIpc) is 2.94. The fraction of sp³-hybridized carbons (Fsp3) is 0.125. The lowest BCUT2D eigenvalue weighted by Gasteiger charge is -2.05. The van der Waals surface area contributed by atoms with E-state index in [1.807, 2.05) is 0 Å². The summed E-state index contributed by atoms with van der Waals surface area (Å²) in [5.41, 5.74) is 6.40. The van der Waals surface area contributed by atoms with Gasteiger partial charge in [-0.3, -0.25) is 0 Å². The second kappa shape index (κ2) is 5.43. The first-order chi connectivity index (χ1) is 12.6. The van der Waals surface area contributed by atoms with E-state index >= 15 is 0 Å². The summed E-state index contributed by atoms with van der Waals surface area (Å²) < 4.78 is 4.57. The maximum atomic E-state index is 2.34. The Morgan fingerprint density at radius 1 is 0.808 bits per heavy atom. The summed E-state index contributed by atoms with van der Waals surface area (Å²) in [7, 11) is 4.31. The molecule has 0 saturated heterocycles. The minimum Gasteiger partial charge on any atom is -0.338 e. The second-order valence-electron chi connectivity index (χ2n) is 7.13. The highest BCUT2D eigenvalue weighted by atomic mass is 15.0. The summed E-state index contributed by atoms with van der Waals surface area (Å²) >= 11 is 0. The molecule has 0 amide bonds. The van der Waals surface area contributed by atoms with Crippen molar-refractivity contribution >= 4 is 32.6 Å². The van der Waals surface area contributed by atoms with Crippen molar-refractivity contribution in [1.29, 1.82) is 0 Å². The molecule has 2 heterocycles. The van der Waals surface area contributed by atoms with E-state index in [1.165, 1.54) is 49.4 Å². The van der Waals surface area contributed by atoms with Crippen LogP contribution < -0.4 is 4.57 Å². The molecule has 0 aliphatic rings. The van der Waals surface area contributed by atoms with Crippen LogP contribution in [-0.2, 0) is 14.1 Å². The molecule has 2 nitrogen and oxygen atoms in total. The normalized spacial score (nSPS) is 11.7. The topological polar surface area (TPSA) is 8.81 Å². The van der Waals surface area contributed by atoms with Gasteiger partial charge in [0.2, 0.25) is 5.69 Å². The third-order valence-corrected chi connectivity index (χ3v) is 5.56. The number of nitrogens with zero attached hydrogens (tertiary/aromatic N) is 2. The molecule has 2 aromatic heterocycles. The lowest BCUT2D eigenvalue weighted by molar-refractivity contribution is -0.659. The Balaban J connectivity index is 1.93. The predicted molar refractivity (Wildman–Crippen MR) is 109 cm³/mol. The summed E-state index contributed by atoms with van der Waals surface area (Å²) in [6.07, 6.45) is 2.26. The Hall–Kier alpha value is -3.13. The summed E-state index contributed by atoms with van der Waals surface area (Å²) in [6.45, 7) is 2.18. The molecule has 126 valence electrons. The van der Waals surface area contributed by atoms with Crippen molar-refractivity contribution in [2.75, 3.05) is 0 Å². The molecule has 0 unspecified atom stereocenters. The van der Waals surface area contributed by atoms with Gasteiger partial charge >= 0.3 is 0 Å². The third-order valence-electron chi connectivity index (χ3n) is 5.56. The first kappa shape index (κ1) is 15.2. The SMILES string of the molecule is Cc1ccccc1-c1cc2c3ccc4ccccc4c3n(C)c2c[n+]1C. The maximum Gasteiger partial charge on any atom is 0.213 e. The molecular weight excluding hydrogens is 316 g/mol. The Bertz CT molecular complexity index is 1310. The quantitative estimate of drug-likeness (QED) is 0.368. The van der Waals surface area contributed by atoms with E-state index in [4.69, 9.17) is 0 Å². The van der Waals surface area contributed by atoms with E-state index in [2.05, 4.69) is 103 Å². The molecule has 0 aliphatic heterocycles. The highest BCUT2D eigenvalue weighted by Gasteiger charge is 2.19.